The number of carbonyl (C=O) groups is 1. The number of carbonyl (C=O) groups excluding carboxylic acids is 1. The van der Waals surface area contributed by atoms with E-state index < -0.39 is 0 Å². The van der Waals surface area contributed by atoms with Gasteiger partial charge in [0.05, 0.1) is 0 Å². The number of allylic oxidation sites excluding steroid dienone is 1. The largest absolute Gasteiger partial charge is 0.381 e. The van der Waals surface area contributed by atoms with Crippen molar-refractivity contribution in [1.82, 2.24) is 10.6 Å². The van der Waals surface area contributed by atoms with Gasteiger partial charge in [0.15, 0.2) is 0 Å². The van der Waals surface area contributed by atoms with Crippen molar-refractivity contribution >= 4 is 6.03 Å². The van der Waals surface area contributed by atoms with E-state index in [1.807, 2.05) is 6.20 Å². The molecule has 0 aromatic carbocycles. The van der Waals surface area contributed by atoms with Crippen LogP contribution in [0.15, 0.2) is 11.8 Å². The van der Waals surface area contributed by atoms with Crippen molar-refractivity contribution in [2.75, 3.05) is 19.8 Å². The fraction of sp³-hybridized carbons (Fsp3) is 0.786. The molecule has 1 fully saturated rings. The van der Waals surface area contributed by atoms with Crippen LogP contribution in [0.2, 0.25) is 0 Å². The topological polar surface area (TPSA) is 50.4 Å². The molecular weight excluding hydrogens is 228 g/mol. The molecule has 0 unspecified atom stereocenters. The van der Waals surface area contributed by atoms with Gasteiger partial charge in [0.25, 0.3) is 0 Å². The number of ether oxygens (including phenoxy) is 1. The summed E-state index contributed by atoms with van der Waals surface area (Å²) in [6.45, 7) is 6.42. The summed E-state index contributed by atoms with van der Waals surface area (Å²) >= 11 is 0. The summed E-state index contributed by atoms with van der Waals surface area (Å²) in [6, 6.07) is -0.122. The Morgan fingerprint density at radius 3 is 2.72 bits per heavy atom. The number of hydrogen-bond donors (Lipinski definition) is 2. The molecule has 0 radical (unpaired) electrons. The van der Waals surface area contributed by atoms with E-state index in [1.165, 1.54) is 18.4 Å². The third-order valence-corrected chi connectivity index (χ3v) is 3.05. The first-order chi connectivity index (χ1) is 8.74. The summed E-state index contributed by atoms with van der Waals surface area (Å²) in [6.07, 6.45) is 7.49. The van der Waals surface area contributed by atoms with Crippen LogP contribution in [0.1, 0.15) is 46.0 Å². The van der Waals surface area contributed by atoms with Crippen molar-refractivity contribution in [1.29, 1.82) is 0 Å². The van der Waals surface area contributed by atoms with E-state index in [2.05, 4.69) is 24.5 Å². The molecule has 1 aliphatic rings. The van der Waals surface area contributed by atoms with Gasteiger partial charge >= 0.3 is 6.03 Å². The minimum atomic E-state index is -0.122. The molecule has 104 valence electrons. The summed E-state index contributed by atoms with van der Waals surface area (Å²) in [5.74, 6) is 0.706. The van der Waals surface area contributed by atoms with Crippen molar-refractivity contribution in [2.24, 2.45) is 5.92 Å². The fourth-order valence-electron chi connectivity index (χ4n) is 1.61. The van der Waals surface area contributed by atoms with Crippen LogP contribution in [-0.2, 0) is 4.74 Å². The number of unbranched alkanes of at least 4 members (excludes halogenated alkanes) is 1. The highest BCUT2D eigenvalue weighted by molar-refractivity contribution is 5.74. The normalized spacial score (nSPS) is 15.6. The predicted molar refractivity (Wildman–Crippen MR) is 73.4 cm³/mol. The molecule has 1 saturated carbocycles. The standard InChI is InChI=1S/C14H26N2O2/c1-3-4-9-18-10-5-8-15-14(17)16-11-12(2)13-6-7-13/h11,13H,3-10H2,1-2H3,(H2,15,16,17)/b12-11+. The van der Waals surface area contributed by atoms with Gasteiger partial charge in [-0.1, -0.05) is 18.9 Å². The Morgan fingerprint density at radius 1 is 1.33 bits per heavy atom. The van der Waals surface area contributed by atoms with Crippen LogP contribution in [0.25, 0.3) is 0 Å². The minimum Gasteiger partial charge on any atom is -0.381 e. The second kappa shape index (κ2) is 8.97. The van der Waals surface area contributed by atoms with Crippen molar-refractivity contribution < 1.29 is 9.53 Å². The van der Waals surface area contributed by atoms with E-state index in [1.54, 1.807) is 0 Å². The summed E-state index contributed by atoms with van der Waals surface area (Å²) < 4.78 is 5.41. The van der Waals surface area contributed by atoms with Gasteiger partial charge in [-0.15, -0.1) is 0 Å². The number of hydrogen-bond acceptors (Lipinski definition) is 2. The van der Waals surface area contributed by atoms with E-state index in [9.17, 15) is 4.79 Å². The molecule has 0 heterocycles. The lowest BCUT2D eigenvalue weighted by Crippen LogP contribution is -2.33. The lowest BCUT2D eigenvalue weighted by Gasteiger charge is -2.06. The number of rotatable bonds is 9. The molecule has 0 bridgehead atoms. The van der Waals surface area contributed by atoms with Gasteiger partial charge in [0.1, 0.15) is 0 Å². The Bertz CT molecular complexity index is 273. The van der Waals surface area contributed by atoms with Gasteiger partial charge in [-0.2, -0.15) is 0 Å². The SMILES string of the molecule is CCCCOCCCNC(=O)N/C=C(\C)C1CC1. The quantitative estimate of drug-likeness (QED) is 0.622. The number of urea groups is 1. The second-order valence-corrected chi connectivity index (χ2v) is 4.88. The maximum Gasteiger partial charge on any atom is 0.318 e. The highest BCUT2D eigenvalue weighted by Crippen LogP contribution is 2.35. The first kappa shape index (κ1) is 15.0. The van der Waals surface area contributed by atoms with Gasteiger partial charge < -0.3 is 15.4 Å². The van der Waals surface area contributed by atoms with Crippen molar-refractivity contribution in [3.63, 3.8) is 0 Å². The Labute approximate surface area is 110 Å². The zero-order chi connectivity index (χ0) is 13.2. The van der Waals surface area contributed by atoms with E-state index in [0.717, 1.165) is 32.5 Å². The molecule has 2 N–H and O–H groups in total. The summed E-state index contributed by atoms with van der Waals surface area (Å²) in [5.41, 5.74) is 1.27. The molecule has 4 nitrogen and oxygen atoms in total. The molecule has 1 rings (SSSR count). The monoisotopic (exact) mass is 254 g/mol. The Morgan fingerprint density at radius 2 is 2.06 bits per heavy atom. The molecule has 2 amide bonds. The van der Waals surface area contributed by atoms with Crippen LogP contribution >= 0.6 is 0 Å². The maximum absolute atomic E-state index is 11.4. The van der Waals surface area contributed by atoms with Crippen LogP contribution < -0.4 is 10.6 Å². The average molecular weight is 254 g/mol. The number of amides is 2. The van der Waals surface area contributed by atoms with E-state index in [0.29, 0.717) is 12.5 Å². The van der Waals surface area contributed by atoms with Gasteiger partial charge in [0, 0.05) is 26.0 Å². The van der Waals surface area contributed by atoms with Gasteiger partial charge in [-0.05, 0) is 38.5 Å². The molecule has 0 aromatic heterocycles. The molecule has 18 heavy (non-hydrogen) atoms. The van der Waals surface area contributed by atoms with Crippen LogP contribution in [0.3, 0.4) is 0 Å². The Kier molecular flexibility index (Phi) is 7.49. The van der Waals surface area contributed by atoms with Gasteiger partial charge in [-0.3, -0.25) is 0 Å². The molecule has 0 spiro atoms. The van der Waals surface area contributed by atoms with Crippen LogP contribution in [-0.4, -0.2) is 25.8 Å². The van der Waals surface area contributed by atoms with E-state index in [4.69, 9.17) is 4.74 Å². The van der Waals surface area contributed by atoms with Crippen LogP contribution in [0, 0.1) is 5.92 Å². The third-order valence-electron chi connectivity index (χ3n) is 3.05. The summed E-state index contributed by atoms with van der Waals surface area (Å²) in [7, 11) is 0. The predicted octanol–water partition coefficient (Wildman–Crippen LogP) is 2.81. The summed E-state index contributed by atoms with van der Waals surface area (Å²) in [4.78, 5) is 11.4. The molecule has 4 heteroatoms. The lowest BCUT2D eigenvalue weighted by atomic mass is 10.2. The van der Waals surface area contributed by atoms with Crippen molar-refractivity contribution in [2.45, 2.75) is 46.0 Å². The zero-order valence-corrected chi connectivity index (χ0v) is 11.6. The van der Waals surface area contributed by atoms with Gasteiger partial charge in [0.2, 0.25) is 0 Å². The highest BCUT2D eigenvalue weighted by Gasteiger charge is 2.22. The molecule has 0 atom stereocenters. The minimum absolute atomic E-state index is 0.122. The van der Waals surface area contributed by atoms with Crippen molar-refractivity contribution in [3.05, 3.63) is 11.8 Å². The molecule has 0 saturated heterocycles. The van der Waals surface area contributed by atoms with Gasteiger partial charge in [-0.25, -0.2) is 4.79 Å². The van der Waals surface area contributed by atoms with Crippen LogP contribution in [0.5, 0.6) is 0 Å². The Hall–Kier alpha value is -1.03. The lowest BCUT2D eigenvalue weighted by molar-refractivity contribution is 0.129. The van der Waals surface area contributed by atoms with E-state index in [-0.39, 0.29) is 6.03 Å². The molecule has 1 aliphatic carbocycles. The van der Waals surface area contributed by atoms with Crippen LogP contribution in [0.4, 0.5) is 4.79 Å². The highest BCUT2D eigenvalue weighted by atomic mass is 16.5. The van der Waals surface area contributed by atoms with E-state index >= 15 is 0 Å². The molecular formula is C14H26N2O2. The molecule has 0 aromatic rings. The first-order valence-corrected chi connectivity index (χ1v) is 7.02. The first-order valence-electron chi connectivity index (χ1n) is 7.02. The number of nitrogens with one attached hydrogen (secondary N) is 2. The smallest absolute Gasteiger partial charge is 0.318 e. The third kappa shape index (κ3) is 7.33. The second-order valence-electron chi connectivity index (χ2n) is 4.88. The maximum atomic E-state index is 11.4. The van der Waals surface area contributed by atoms with Crippen molar-refractivity contribution in [3.8, 4) is 0 Å². The molecule has 0 aliphatic heterocycles. The zero-order valence-electron chi connectivity index (χ0n) is 11.6. The Balaban J connectivity index is 1.91. The fourth-order valence-corrected chi connectivity index (χ4v) is 1.61. The summed E-state index contributed by atoms with van der Waals surface area (Å²) in [5, 5.41) is 5.58. The average Bonchev–Trinajstić information content (AvgIpc) is 3.19.